The zero-order valence-corrected chi connectivity index (χ0v) is 10.9. The van der Waals surface area contributed by atoms with Crippen LogP contribution in [0.15, 0.2) is 54.1 Å². The van der Waals surface area contributed by atoms with Crippen LogP contribution in [0, 0.1) is 6.92 Å². The van der Waals surface area contributed by atoms with Gasteiger partial charge in [-0.1, -0.05) is 29.8 Å². The van der Waals surface area contributed by atoms with Gasteiger partial charge in [0.25, 0.3) is 10.0 Å². The Bertz CT molecular complexity index is 501. The third kappa shape index (κ3) is 3.20. The van der Waals surface area contributed by atoms with E-state index < -0.39 is 10.0 Å². The van der Waals surface area contributed by atoms with Gasteiger partial charge in [-0.3, -0.25) is 4.31 Å². The van der Waals surface area contributed by atoms with Gasteiger partial charge < -0.3 is 0 Å². The average molecular weight is 251 g/mol. The highest BCUT2D eigenvalue weighted by molar-refractivity contribution is 7.89. The van der Waals surface area contributed by atoms with E-state index >= 15 is 0 Å². The van der Waals surface area contributed by atoms with Crippen LogP contribution in [-0.4, -0.2) is 19.3 Å². The molecule has 4 heteroatoms. The summed E-state index contributed by atoms with van der Waals surface area (Å²) in [6, 6.07) is 6.80. The van der Waals surface area contributed by atoms with Crippen molar-refractivity contribution < 1.29 is 8.42 Å². The van der Waals surface area contributed by atoms with Crippen molar-refractivity contribution in [2.75, 3.05) is 6.54 Å². The number of benzene rings is 1. The number of nitrogens with zero attached hydrogens (tertiary/aromatic N) is 1. The number of rotatable bonds is 5. The second-order valence-electron chi connectivity index (χ2n) is 3.66. The monoisotopic (exact) mass is 251 g/mol. The van der Waals surface area contributed by atoms with E-state index in [2.05, 4.69) is 6.58 Å². The minimum Gasteiger partial charge on any atom is -0.270 e. The minimum atomic E-state index is -3.47. The van der Waals surface area contributed by atoms with E-state index in [4.69, 9.17) is 0 Å². The molecular formula is C13H17NO2S. The molecule has 17 heavy (non-hydrogen) atoms. The first-order chi connectivity index (χ1) is 8.02. The van der Waals surface area contributed by atoms with Crippen molar-refractivity contribution in [3.05, 3.63) is 54.8 Å². The maximum absolute atomic E-state index is 12.3. The van der Waals surface area contributed by atoms with Gasteiger partial charge in [0.05, 0.1) is 11.4 Å². The first-order valence-corrected chi connectivity index (χ1v) is 6.78. The van der Waals surface area contributed by atoms with Gasteiger partial charge in [-0.25, -0.2) is 8.42 Å². The van der Waals surface area contributed by atoms with Crippen molar-refractivity contribution in [1.82, 2.24) is 4.31 Å². The minimum absolute atomic E-state index is 0.264. The smallest absolute Gasteiger partial charge is 0.264 e. The van der Waals surface area contributed by atoms with Crippen molar-refractivity contribution >= 4 is 10.0 Å². The predicted octanol–water partition coefficient (Wildman–Crippen LogP) is 2.71. The normalized spacial score (nSPS) is 11.6. The van der Waals surface area contributed by atoms with Gasteiger partial charge in [0.15, 0.2) is 0 Å². The maximum Gasteiger partial charge on any atom is 0.264 e. The Hall–Kier alpha value is -1.55. The molecule has 0 aliphatic rings. The zero-order valence-electron chi connectivity index (χ0n) is 10.1. The van der Waals surface area contributed by atoms with Crippen LogP contribution in [0.25, 0.3) is 0 Å². The standard InChI is InChI=1S/C13H17NO2S/c1-4-10-14(11-5-2)17(15,16)13-8-6-12(3)7-9-13/h4-9,11H,1,10H2,2-3H3. The summed E-state index contributed by atoms with van der Waals surface area (Å²) >= 11 is 0. The van der Waals surface area contributed by atoms with Crippen molar-refractivity contribution in [2.45, 2.75) is 18.7 Å². The molecule has 0 amide bonds. The Morgan fingerprint density at radius 3 is 2.35 bits per heavy atom. The summed E-state index contributed by atoms with van der Waals surface area (Å²) in [7, 11) is -3.47. The highest BCUT2D eigenvalue weighted by atomic mass is 32.2. The van der Waals surface area contributed by atoms with Gasteiger partial charge in [0.2, 0.25) is 0 Å². The van der Waals surface area contributed by atoms with Crippen LogP contribution < -0.4 is 0 Å². The van der Waals surface area contributed by atoms with E-state index in [-0.39, 0.29) is 6.54 Å². The Balaban J connectivity index is 3.15. The lowest BCUT2D eigenvalue weighted by atomic mass is 10.2. The molecule has 0 spiro atoms. The van der Waals surface area contributed by atoms with E-state index in [1.54, 1.807) is 43.3 Å². The third-order valence-corrected chi connectivity index (χ3v) is 4.01. The Labute approximate surface area is 103 Å². The molecule has 0 heterocycles. The Kier molecular flexibility index (Phi) is 4.52. The lowest BCUT2D eigenvalue weighted by molar-refractivity contribution is 0.522. The van der Waals surface area contributed by atoms with Gasteiger partial charge in [-0.05, 0) is 26.0 Å². The van der Waals surface area contributed by atoms with Crippen LogP contribution in [0.2, 0.25) is 0 Å². The molecule has 0 aromatic heterocycles. The fourth-order valence-corrected chi connectivity index (χ4v) is 2.71. The summed E-state index contributed by atoms with van der Waals surface area (Å²) < 4.78 is 25.8. The maximum atomic E-state index is 12.3. The molecule has 0 saturated heterocycles. The lowest BCUT2D eigenvalue weighted by Crippen LogP contribution is -2.26. The highest BCUT2D eigenvalue weighted by Gasteiger charge is 2.19. The topological polar surface area (TPSA) is 37.4 Å². The largest absolute Gasteiger partial charge is 0.270 e. The molecule has 1 aromatic rings. The van der Waals surface area contributed by atoms with Crippen LogP contribution in [0.3, 0.4) is 0 Å². The van der Waals surface area contributed by atoms with E-state index in [0.29, 0.717) is 4.90 Å². The van der Waals surface area contributed by atoms with Crippen molar-refractivity contribution in [2.24, 2.45) is 0 Å². The molecule has 92 valence electrons. The van der Waals surface area contributed by atoms with Gasteiger partial charge in [-0.15, -0.1) is 6.58 Å². The molecule has 0 bridgehead atoms. The molecule has 0 unspecified atom stereocenters. The molecule has 0 aliphatic heterocycles. The quantitative estimate of drug-likeness (QED) is 0.755. The van der Waals surface area contributed by atoms with E-state index in [9.17, 15) is 8.42 Å². The van der Waals surface area contributed by atoms with Crippen LogP contribution in [0.1, 0.15) is 12.5 Å². The van der Waals surface area contributed by atoms with Crippen molar-refractivity contribution in [3.8, 4) is 0 Å². The van der Waals surface area contributed by atoms with Crippen LogP contribution in [-0.2, 0) is 10.0 Å². The SMILES string of the molecule is C=CCN(C=CC)S(=O)(=O)c1ccc(C)cc1. The average Bonchev–Trinajstić information content (AvgIpc) is 2.29. The summed E-state index contributed by atoms with van der Waals surface area (Å²) in [6.07, 6.45) is 4.79. The van der Waals surface area contributed by atoms with Crippen molar-refractivity contribution in [1.29, 1.82) is 0 Å². The number of sulfonamides is 1. The third-order valence-electron chi connectivity index (χ3n) is 2.25. The number of hydrogen-bond donors (Lipinski definition) is 0. The van der Waals surface area contributed by atoms with E-state index in [1.807, 2.05) is 6.92 Å². The molecular weight excluding hydrogens is 234 g/mol. The van der Waals surface area contributed by atoms with Gasteiger partial charge in [-0.2, -0.15) is 0 Å². The summed E-state index contributed by atoms with van der Waals surface area (Å²) in [5, 5.41) is 0. The second kappa shape index (κ2) is 5.68. The molecule has 1 aromatic carbocycles. The number of allylic oxidation sites excluding steroid dienone is 1. The fraction of sp³-hybridized carbons (Fsp3) is 0.231. The number of aryl methyl sites for hydroxylation is 1. The zero-order chi connectivity index (χ0) is 12.9. The van der Waals surface area contributed by atoms with Gasteiger partial charge in [0, 0.05) is 6.20 Å². The summed E-state index contributed by atoms with van der Waals surface area (Å²) in [6.45, 7) is 7.53. The van der Waals surface area contributed by atoms with E-state index in [1.165, 1.54) is 10.5 Å². The molecule has 0 aliphatic carbocycles. The molecule has 0 N–H and O–H groups in total. The van der Waals surface area contributed by atoms with E-state index in [0.717, 1.165) is 5.56 Å². The Morgan fingerprint density at radius 1 is 1.29 bits per heavy atom. The molecule has 3 nitrogen and oxygen atoms in total. The fourth-order valence-electron chi connectivity index (χ4n) is 1.38. The van der Waals surface area contributed by atoms with Crippen LogP contribution in [0.5, 0.6) is 0 Å². The molecule has 0 radical (unpaired) electrons. The van der Waals surface area contributed by atoms with Crippen molar-refractivity contribution in [3.63, 3.8) is 0 Å². The molecule has 0 saturated carbocycles. The summed E-state index contributed by atoms with van der Waals surface area (Å²) in [5.41, 5.74) is 1.03. The second-order valence-corrected chi connectivity index (χ2v) is 5.55. The Morgan fingerprint density at radius 2 is 1.88 bits per heavy atom. The number of hydrogen-bond acceptors (Lipinski definition) is 2. The molecule has 0 fully saturated rings. The highest BCUT2D eigenvalue weighted by Crippen LogP contribution is 2.16. The first kappa shape index (κ1) is 13.5. The molecule has 0 atom stereocenters. The van der Waals surface area contributed by atoms with Gasteiger partial charge in [0.1, 0.15) is 0 Å². The van der Waals surface area contributed by atoms with Crippen LogP contribution >= 0.6 is 0 Å². The van der Waals surface area contributed by atoms with Gasteiger partial charge >= 0.3 is 0 Å². The van der Waals surface area contributed by atoms with Crippen LogP contribution in [0.4, 0.5) is 0 Å². The predicted molar refractivity (Wildman–Crippen MR) is 70.1 cm³/mol. The lowest BCUT2D eigenvalue weighted by Gasteiger charge is -2.18. The first-order valence-electron chi connectivity index (χ1n) is 5.34. The summed E-state index contributed by atoms with van der Waals surface area (Å²) in [5.74, 6) is 0. The molecule has 1 rings (SSSR count). The summed E-state index contributed by atoms with van der Waals surface area (Å²) in [4.78, 5) is 0.294.